The highest BCUT2D eigenvalue weighted by Gasteiger charge is 2.40. The molecule has 244 valence electrons. The Balaban J connectivity index is 2.08. The van der Waals surface area contributed by atoms with Crippen LogP contribution in [0.25, 0.3) is 0 Å². The number of carboxylic acids is 1. The first-order valence-electron chi connectivity index (χ1n) is 15.5. The average molecular weight is 610 g/mol. The fourth-order valence-electron chi connectivity index (χ4n) is 5.47. The molecule has 2 fully saturated rings. The number of carboxylic acid groups (broad SMARTS) is 1. The molecule has 7 N–H and O–H groups in total. The van der Waals surface area contributed by atoms with Crippen molar-refractivity contribution in [1.82, 2.24) is 31.1 Å². The number of amides is 5. The van der Waals surface area contributed by atoms with Crippen molar-refractivity contribution in [2.75, 3.05) is 26.7 Å². The van der Waals surface area contributed by atoms with Crippen LogP contribution in [0, 0.1) is 5.92 Å². The Morgan fingerprint density at radius 3 is 2.05 bits per heavy atom. The molecule has 5 amide bonds. The van der Waals surface area contributed by atoms with Crippen molar-refractivity contribution in [3.63, 3.8) is 0 Å². The van der Waals surface area contributed by atoms with Crippen molar-refractivity contribution in [3.05, 3.63) is 0 Å². The SMILES string of the molecule is CC[C@H](C)[C@H](NC(=O)[C@H](C)NC(=O)[C@H](CCCCN)NC(=O)[C@@H]1CCCN1C(=O)[C@@H]1CCCN1C)C(=O)N[C@@H](C)C(=O)O. The van der Waals surface area contributed by atoms with Crippen molar-refractivity contribution in [3.8, 4) is 0 Å². The number of unbranched alkanes of at least 4 members (excludes halogenated alkanes) is 1. The van der Waals surface area contributed by atoms with E-state index < -0.39 is 59.8 Å². The molecule has 0 aromatic heterocycles. The van der Waals surface area contributed by atoms with Crippen LogP contribution in [0.1, 0.15) is 79.1 Å². The van der Waals surface area contributed by atoms with Gasteiger partial charge in [-0.1, -0.05) is 20.3 Å². The number of carbonyl (C=O) groups excluding carboxylic acids is 5. The maximum Gasteiger partial charge on any atom is 0.325 e. The lowest BCUT2D eigenvalue weighted by molar-refractivity contribution is -0.142. The molecule has 0 spiro atoms. The lowest BCUT2D eigenvalue weighted by Crippen LogP contribution is -2.59. The normalized spacial score (nSPS) is 22.1. The summed E-state index contributed by atoms with van der Waals surface area (Å²) in [5.74, 6) is -3.82. The second-order valence-corrected chi connectivity index (χ2v) is 11.8. The lowest BCUT2D eigenvalue weighted by Gasteiger charge is -2.30. The largest absolute Gasteiger partial charge is 0.480 e. The van der Waals surface area contributed by atoms with E-state index >= 15 is 0 Å². The number of likely N-dealkylation sites (N-methyl/N-ethyl adjacent to an activating group) is 1. The number of rotatable bonds is 16. The number of carbonyl (C=O) groups is 6. The van der Waals surface area contributed by atoms with Crippen LogP contribution in [0.5, 0.6) is 0 Å². The van der Waals surface area contributed by atoms with Crippen LogP contribution in [-0.2, 0) is 28.8 Å². The Hall–Kier alpha value is -3.26. The third-order valence-corrected chi connectivity index (χ3v) is 8.50. The average Bonchev–Trinajstić information content (AvgIpc) is 3.63. The molecule has 14 nitrogen and oxygen atoms in total. The molecule has 0 radical (unpaired) electrons. The molecule has 2 saturated heterocycles. The molecule has 0 unspecified atom stereocenters. The van der Waals surface area contributed by atoms with Gasteiger partial charge < -0.3 is 37.0 Å². The van der Waals surface area contributed by atoms with E-state index in [0.717, 1.165) is 19.4 Å². The second kappa shape index (κ2) is 17.1. The maximum atomic E-state index is 13.4. The minimum atomic E-state index is -1.21. The van der Waals surface area contributed by atoms with Crippen molar-refractivity contribution < 1.29 is 33.9 Å². The van der Waals surface area contributed by atoms with Crippen molar-refractivity contribution in [2.45, 2.75) is 115 Å². The molecule has 0 bridgehead atoms. The van der Waals surface area contributed by atoms with Crippen LogP contribution in [0.4, 0.5) is 0 Å². The number of aliphatic carboxylic acids is 1. The third-order valence-electron chi connectivity index (χ3n) is 8.50. The van der Waals surface area contributed by atoms with Crippen LogP contribution >= 0.6 is 0 Å². The van der Waals surface area contributed by atoms with Gasteiger partial charge in [0.05, 0.1) is 6.04 Å². The summed E-state index contributed by atoms with van der Waals surface area (Å²) in [7, 11) is 1.91. The van der Waals surface area contributed by atoms with Gasteiger partial charge in [0, 0.05) is 6.54 Å². The number of likely N-dealkylation sites (tertiary alicyclic amines) is 2. The summed E-state index contributed by atoms with van der Waals surface area (Å²) < 4.78 is 0. The zero-order chi connectivity index (χ0) is 32.3. The van der Waals surface area contributed by atoms with Crippen molar-refractivity contribution in [1.29, 1.82) is 0 Å². The summed E-state index contributed by atoms with van der Waals surface area (Å²) in [4.78, 5) is 80.6. The molecule has 0 aliphatic carbocycles. The van der Waals surface area contributed by atoms with Crippen LogP contribution in [0.2, 0.25) is 0 Å². The van der Waals surface area contributed by atoms with Gasteiger partial charge in [-0.05, 0) is 84.8 Å². The Kier molecular flexibility index (Phi) is 14.3. The number of hydrogen-bond acceptors (Lipinski definition) is 8. The molecule has 0 aromatic carbocycles. The molecule has 2 heterocycles. The van der Waals surface area contributed by atoms with E-state index in [-0.39, 0.29) is 17.9 Å². The second-order valence-electron chi connectivity index (χ2n) is 11.8. The van der Waals surface area contributed by atoms with Gasteiger partial charge in [-0.3, -0.25) is 33.7 Å². The highest BCUT2D eigenvalue weighted by Crippen LogP contribution is 2.24. The molecule has 2 aliphatic heterocycles. The third kappa shape index (κ3) is 10.2. The van der Waals surface area contributed by atoms with Gasteiger partial charge in [0.15, 0.2) is 0 Å². The first kappa shape index (κ1) is 35.9. The predicted molar refractivity (Wildman–Crippen MR) is 159 cm³/mol. The summed E-state index contributed by atoms with van der Waals surface area (Å²) in [5.41, 5.74) is 5.63. The van der Waals surface area contributed by atoms with Gasteiger partial charge in [0.2, 0.25) is 29.5 Å². The van der Waals surface area contributed by atoms with E-state index in [4.69, 9.17) is 10.8 Å². The molecular weight excluding hydrogens is 558 g/mol. The quantitative estimate of drug-likeness (QED) is 0.122. The van der Waals surface area contributed by atoms with E-state index in [1.807, 2.05) is 18.9 Å². The Morgan fingerprint density at radius 2 is 1.47 bits per heavy atom. The van der Waals surface area contributed by atoms with Crippen LogP contribution in [0.3, 0.4) is 0 Å². The van der Waals surface area contributed by atoms with Crippen LogP contribution < -0.4 is 27.0 Å². The zero-order valence-corrected chi connectivity index (χ0v) is 26.2. The van der Waals surface area contributed by atoms with Crippen LogP contribution in [0.15, 0.2) is 0 Å². The fraction of sp³-hybridized carbons (Fsp3) is 0.793. The van der Waals surface area contributed by atoms with Gasteiger partial charge >= 0.3 is 5.97 Å². The highest BCUT2D eigenvalue weighted by molar-refractivity contribution is 5.96. The van der Waals surface area contributed by atoms with Crippen LogP contribution in [-0.4, -0.2) is 113 Å². The van der Waals surface area contributed by atoms with Crippen molar-refractivity contribution in [2.24, 2.45) is 11.7 Å². The van der Waals surface area contributed by atoms with E-state index in [9.17, 15) is 28.8 Å². The molecule has 43 heavy (non-hydrogen) atoms. The van der Waals surface area contributed by atoms with E-state index in [1.54, 1.807) is 11.8 Å². The standard InChI is InChI=1S/C29H51N7O7/c1-6-17(2)23(27(40)32-19(4)29(42)43)34-24(37)18(3)31-25(38)20(11-7-8-14-30)33-26(39)21-12-10-16-36(21)28(41)22-13-9-15-35(22)5/h17-23H,6-16,30H2,1-5H3,(H,31,38)(H,32,40)(H,33,39)(H,34,37)(H,42,43)/t17-,18-,19-,20-,21-,22-,23-/m0/s1. The van der Waals surface area contributed by atoms with Gasteiger partial charge in [-0.2, -0.15) is 0 Å². The zero-order valence-electron chi connectivity index (χ0n) is 26.2. The molecule has 2 aliphatic rings. The monoisotopic (exact) mass is 609 g/mol. The summed E-state index contributed by atoms with van der Waals surface area (Å²) in [5, 5.41) is 19.6. The van der Waals surface area contributed by atoms with Gasteiger partial charge in [0.1, 0.15) is 30.2 Å². The number of nitrogens with two attached hydrogens (primary N) is 1. The van der Waals surface area contributed by atoms with Gasteiger partial charge in [-0.25, -0.2) is 0 Å². The molecule has 2 rings (SSSR count). The molecular formula is C29H51N7O7. The number of nitrogens with zero attached hydrogens (tertiary/aromatic N) is 2. The minimum Gasteiger partial charge on any atom is -0.480 e. The molecule has 0 aromatic rings. The summed E-state index contributed by atoms with van der Waals surface area (Å²) in [6, 6.07) is -5.08. The Bertz CT molecular complexity index is 1010. The number of hydrogen-bond donors (Lipinski definition) is 6. The predicted octanol–water partition coefficient (Wildman–Crippen LogP) is -0.690. The van der Waals surface area contributed by atoms with Crippen molar-refractivity contribution >= 4 is 35.5 Å². The Labute approximate surface area is 254 Å². The van der Waals surface area contributed by atoms with E-state index in [2.05, 4.69) is 21.3 Å². The topological polar surface area (TPSA) is 203 Å². The van der Waals surface area contributed by atoms with Gasteiger partial charge in [0.25, 0.3) is 0 Å². The minimum absolute atomic E-state index is 0.0651. The van der Waals surface area contributed by atoms with E-state index in [1.165, 1.54) is 13.8 Å². The highest BCUT2D eigenvalue weighted by atomic mass is 16.4. The molecule has 0 saturated carbocycles. The van der Waals surface area contributed by atoms with Gasteiger partial charge in [-0.15, -0.1) is 0 Å². The summed E-state index contributed by atoms with van der Waals surface area (Å²) in [6.07, 6.45) is 4.90. The molecule has 7 atom stereocenters. The Morgan fingerprint density at radius 1 is 0.837 bits per heavy atom. The first-order valence-corrected chi connectivity index (χ1v) is 15.5. The van der Waals surface area contributed by atoms with E-state index in [0.29, 0.717) is 51.6 Å². The maximum absolute atomic E-state index is 13.4. The molecule has 14 heteroatoms. The summed E-state index contributed by atoms with van der Waals surface area (Å²) >= 11 is 0. The first-order chi connectivity index (χ1) is 20.3. The summed E-state index contributed by atoms with van der Waals surface area (Å²) in [6.45, 7) is 8.12. The smallest absolute Gasteiger partial charge is 0.325 e. The fourth-order valence-corrected chi connectivity index (χ4v) is 5.47. The lowest BCUT2D eigenvalue weighted by atomic mass is 9.97. The number of nitrogens with one attached hydrogen (secondary N) is 4.